The molecule has 5 heteroatoms. The number of para-hydroxylation sites is 1. The van der Waals surface area contributed by atoms with E-state index in [9.17, 15) is 9.18 Å². The SMILES string of the molecule is CCOc1ccc(/C=C2/N=C(c3ccccc3F)N(c3ccccc3)C2=O)cc1. The predicted molar refractivity (Wildman–Crippen MR) is 112 cm³/mol. The zero-order valence-electron chi connectivity index (χ0n) is 15.9. The molecule has 0 saturated heterocycles. The van der Waals surface area contributed by atoms with Gasteiger partial charge in [0.1, 0.15) is 17.3 Å². The summed E-state index contributed by atoms with van der Waals surface area (Å²) < 4.78 is 19.9. The summed E-state index contributed by atoms with van der Waals surface area (Å²) in [4.78, 5) is 19.1. The van der Waals surface area contributed by atoms with E-state index in [4.69, 9.17) is 4.74 Å². The van der Waals surface area contributed by atoms with Crippen LogP contribution in [-0.4, -0.2) is 18.3 Å². The Bertz CT molecular complexity index is 1090. The Balaban J connectivity index is 1.77. The van der Waals surface area contributed by atoms with Crippen LogP contribution in [0.15, 0.2) is 89.6 Å². The molecule has 0 radical (unpaired) electrons. The summed E-state index contributed by atoms with van der Waals surface area (Å²) in [5.74, 6) is 0.302. The van der Waals surface area contributed by atoms with E-state index in [0.29, 0.717) is 12.3 Å². The number of ether oxygens (including phenoxy) is 1. The van der Waals surface area contributed by atoms with Gasteiger partial charge in [0.2, 0.25) is 0 Å². The minimum Gasteiger partial charge on any atom is -0.494 e. The molecule has 0 spiro atoms. The Morgan fingerprint density at radius 2 is 1.66 bits per heavy atom. The van der Waals surface area contributed by atoms with E-state index in [0.717, 1.165) is 11.3 Å². The van der Waals surface area contributed by atoms with Gasteiger partial charge in [-0.15, -0.1) is 0 Å². The molecule has 0 N–H and O–H groups in total. The second-order valence-electron chi connectivity index (χ2n) is 6.42. The quantitative estimate of drug-likeness (QED) is 0.575. The first-order valence-electron chi connectivity index (χ1n) is 9.35. The Hall–Kier alpha value is -3.73. The van der Waals surface area contributed by atoms with Crippen molar-refractivity contribution in [3.8, 4) is 5.75 Å². The van der Waals surface area contributed by atoms with Gasteiger partial charge in [-0.05, 0) is 55.0 Å². The molecule has 29 heavy (non-hydrogen) atoms. The van der Waals surface area contributed by atoms with E-state index in [1.165, 1.54) is 11.0 Å². The molecule has 1 aliphatic rings. The lowest BCUT2D eigenvalue weighted by atomic mass is 10.1. The van der Waals surface area contributed by atoms with Gasteiger partial charge in [0.15, 0.2) is 5.84 Å². The molecule has 3 aromatic rings. The van der Waals surface area contributed by atoms with Gasteiger partial charge in [-0.25, -0.2) is 9.38 Å². The maximum atomic E-state index is 14.5. The number of nitrogens with zero attached hydrogens (tertiary/aromatic N) is 2. The standard InChI is InChI=1S/C24H19FN2O2/c1-2-29-19-14-12-17(13-15-19)16-22-24(28)27(18-8-4-3-5-9-18)23(26-22)20-10-6-7-11-21(20)25/h3-16H,2H2,1H3/b22-16+. The van der Waals surface area contributed by atoms with Crippen molar-refractivity contribution in [3.63, 3.8) is 0 Å². The predicted octanol–water partition coefficient (Wildman–Crippen LogP) is 5.06. The fraction of sp³-hybridized carbons (Fsp3) is 0.0833. The Morgan fingerprint density at radius 1 is 0.966 bits per heavy atom. The molecule has 0 aromatic heterocycles. The highest BCUT2D eigenvalue weighted by Gasteiger charge is 2.33. The number of carbonyl (C=O) groups excluding carboxylic acids is 1. The van der Waals surface area contributed by atoms with Gasteiger partial charge in [0.25, 0.3) is 5.91 Å². The molecule has 0 bridgehead atoms. The lowest BCUT2D eigenvalue weighted by molar-refractivity contribution is -0.113. The molecule has 0 fully saturated rings. The molecular formula is C24H19FN2O2. The van der Waals surface area contributed by atoms with Gasteiger partial charge in [-0.1, -0.05) is 42.5 Å². The molecule has 4 nitrogen and oxygen atoms in total. The maximum Gasteiger partial charge on any atom is 0.282 e. The van der Waals surface area contributed by atoms with E-state index < -0.39 is 5.82 Å². The third-order valence-electron chi connectivity index (χ3n) is 4.48. The van der Waals surface area contributed by atoms with E-state index in [2.05, 4.69) is 4.99 Å². The number of hydrogen-bond donors (Lipinski definition) is 0. The number of anilines is 1. The average molecular weight is 386 g/mol. The fourth-order valence-corrected chi connectivity index (χ4v) is 3.14. The topological polar surface area (TPSA) is 41.9 Å². The fourth-order valence-electron chi connectivity index (χ4n) is 3.14. The zero-order chi connectivity index (χ0) is 20.2. The van der Waals surface area contributed by atoms with Crippen LogP contribution in [0, 0.1) is 5.82 Å². The number of rotatable bonds is 5. The van der Waals surface area contributed by atoms with Crippen LogP contribution in [0.5, 0.6) is 5.75 Å². The molecule has 1 aliphatic heterocycles. The minimum atomic E-state index is -0.428. The van der Waals surface area contributed by atoms with Gasteiger partial charge < -0.3 is 4.74 Å². The van der Waals surface area contributed by atoms with Gasteiger partial charge in [-0.2, -0.15) is 0 Å². The highest BCUT2D eigenvalue weighted by atomic mass is 19.1. The van der Waals surface area contributed by atoms with Crippen LogP contribution in [-0.2, 0) is 4.79 Å². The van der Waals surface area contributed by atoms with Crippen LogP contribution in [0.4, 0.5) is 10.1 Å². The van der Waals surface area contributed by atoms with Crippen LogP contribution >= 0.6 is 0 Å². The molecule has 1 heterocycles. The average Bonchev–Trinajstić information content (AvgIpc) is 3.06. The summed E-state index contributed by atoms with van der Waals surface area (Å²) in [5, 5.41) is 0. The lowest BCUT2D eigenvalue weighted by Crippen LogP contribution is -2.33. The smallest absolute Gasteiger partial charge is 0.282 e. The first-order valence-corrected chi connectivity index (χ1v) is 9.35. The summed E-state index contributed by atoms with van der Waals surface area (Å²) in [7, 11) is 0. The van der Waals surface area contributed by atoms with Crippen LogP contribution in [0.2, 0.25) is 0 Å². The first-order chi connectivity index (χ1) is 14.2. The Labute approximate surface area is 168 Å². The van der Waals surface area contributed by atoms with E-state index >= 15 is 0 Å². The van der Waals surface area contributed by atoms with Crippen LogP contribution in [0.25, 0.3) is 6.08 Å². The van der Waals surface area contributed by atoms with Crippen molar-refractivity contribution in [1.29, 1.82) is 0 Å². The molecule has 144 valence electrons. The first kappa shape index (κ1) is 18.6. The number of hydrogen-bond acceptors (Lipinski definition) is 3. The molecule has 0 unspecified atom stereocenters. The Morgan fingerprint density at radius 3 is 2.34 bits per heavy atom. The molecule has 0 atom stereocenters. The number of amides is 1. The monoisotopic (exact) mass is 386 g/mol. The van der Waals surface area contributed by atoms with E-state index in [1.54, 1.807) is 36.4 Å². The normalized spacial score (nSPS) is 15.0. The van der Waals surface area contributed by atoms with Crippen LogP contribution in [0.3, 0.4) is 0 Å². The van der Waals surface area contributed by atoms with Crippen molar-refractivity contribution < 1.29 is 13.9 Å². The number of benzene rings is 3. The molecule has 4 rings (SSSR count). The van der Waals surface area contributed by atoms with Crippen LogP contribution < -0.4 is 9.64 Å². The van der Waals surface area contributed by atoms with Crippen molar-refractivity contribution in [2.45, 2.75) is 6.92 Å². The summed E-state index contributed by atoms with van der Waals surface area (Å²) in [6, 6.07) is 22.8. The summed E-state index contributed by atoms with van der Waals surface area (Å²) in [5.41, 5.74) is 1.97. The minimum absolute atomic E-state index is 0.247. The number of halogens is 1. The molecular weight excluding hydrogens is 367 g/mol. The second-order valence-corrected chi connectivity index (χ2v) is 6.42. The number of amidine groups is 1. The van der Waals surface area contributed by atoms with Crippen molar-refractivity contribution in [3.05, 3.63) is 102 Å². The molecule has 0 saturated carbocycles. The zero-order valence-corrected chi connectivity index (χ0v) is 15.9. The molecule has 3 aromatic carbocycles. The van der Waals surface area contributed by atoms with Crippen molar-refractivity contribution >= 4 is 23.5 Å². The molecule has 1 amide bonds. The lowest BCUT2D eigenvalue weighted by Gasteiger charge is -2.18. The summed E-state index contributed by atoms with van der Waals surface area (Å²) in [6.07, 6.45) is 1.70. The number of aliphatic imine (C=N–C) groups is 1. The van der Waals surface area contributed by atoms with Gasteiger partial charge >= 0.3 is 0 Å². The van der Waals surface area contributed by atoms with Crippen molar-refractivity contribution in [2.75, 3.05) is 11.5 Å². The van der Waals surface area contributed by atoms with Crippen molar-refractivity contribution in [2.24, 2.45) is 4.99 Å². The summed E-state index contributed by atoms with van der Waals surface area (Å²) >= 11 is 0. The maximum absolute atomic E-state index is 14.5. The van der Waals surface area contributed by atoms with Crippen molar-refractivity contribution in [1.82, 2.24) is 0 Å². The van der Waals surface area contributed by atoms with Gasteiger partial charge in [0.05, 0.1) is 17.9 Å². The molecule has 0 aliphatic carbocycles. The third kappa shape index (κ3) is 3.80. The van der Waals surface area contributed by atoms with Gasteiger partial charge in [0, 0.05) is 0 Å². The summed E-state index contributed by atoms with van der Waals surface area (Å²) in [6.45, 7) is 2.51. The number of carbonyl (C=O) groups is 1. The second kappa shape index (κ2) is 8.10. The van der Waals surface area contributed by atoms with Gasteiger partial charge in [-0.3, -0.25) is 9.69 Å². The van der Waals surface area contributed by atoms with Crippen LogP contribution in [0.1, 0.15) is 18.1 Å². The Kier molecular flexibility index (Phi) is 5.20. The highest BCUT2D eigenvalue weighted by molar-refractivity contribution is 6.33. The highest BCUT2D eigenvalue weighted by Crippen LogP contribution is 2.28. The largest absolute Gasteiger partial charge is 0.494 e. The van der Waals surface area contributed by atoms with E-state index in [1.807, 2.05) is 49.4 Å². The van der Waals surface area contributed by atoms with E-state index in [-0.39, 0.29) is 23.0 Å². The third-order valence-corrected chi connectivity index (χ3v) is 4.48.